The highest BCUT2D eigenvalue weighted by Crippen LogP contribution is 2.31. The number of hydrogen-bond acceptors (Lipinski definition) is 3. The molecule has 1 fully saturated rings. The standard InChI is InChI=1S/C17H19N3OS/c1-2-12-17(13-8-10-15(21)11-9-13)18-16(22)20(19-17)14-6-4-3-5-7-14/h3-11,19,21H,2,12H2,1H3,(H,18,22)/t17-/m0/s1. The van der Waals surface area contributed by atoms with Crippen molar-refractivity contribution in [3.8, 4) is 5.75 Å². The van der Waals surface area contributed by atoms with Crippen LogP contribution in [0.3, 0.4) is 0 Å². The molecule has 0 saturated carbocycles. The van der Waals surface area contributed by atoms with Crippen molar-refractivity contribution < 1.29 is 5.11 Å². The molecule has 1 atom stereocenters. The number of thiocarbonyl (C=S) groups is 1. The molecule has 0 aromatic heterocycles. The summed E-state index contributed by atoms with van der Waals surface area (Å²) >= 11 is 5.51. The molecular weight excluding hydrogens is 294 g/mol. The van der Waals surface area contributed by atoms with Crippen molar-refractivity contribution >= 4 is 23.0 Å². The van der Waals surface area contributed by atoms with E-state index in [4.69, 9.17) is 12.2 Å². The maximum absolute atomic E-state index is 9.52. The van der Waals surface area contributed by atoms with Gasteiger partial charge in [0.15, 0.2) is 5.11 Å². The van der Waals surface area contributed by atoms with Gasteiger partial charge in [0.25, 0.3) is 0 Å². The summed E-state index contributed by atoms with van der Waals surface area (Å²) in [5.41, 5.74) is 5.10. The molecule has 5 heteroatoms. The Hall–Kier alpha value is -2.11. The summed E-state index contributed by atoms with van der Waals surface area (Å²) in [7, 11) is 0. The van der Waals surface area contributed by atoms with Crippen LogP contribution in [0.25, 0.3) is 0 Å². The average molecular weight is 313 g/mol. The Morgan fingerprint density at radius 1 is 1.09 bits per heavy atom. The smallest absolute Gasteiger partial charge is 0.190 e. The molecule has 1 saturated heterocycles. The number of benzene rings is 2. The summed E-state index contributed by atoms with van der Waals surface area (Å²) in [6, 6.07) is 17.2. The molecule has 0 amide bonds. The van der Waals surface area contributed by atoms with E-state index in [1.807, 2.05) is 47.5 Å². The Morgan fingerprint density at radius 3 is 2.41 bits per heavy atom. The first kappa shape index (κ1) is 14.8. The summed E-state index contributed by atoms with van der Waals surface area (Å²) in [4.78, 5) is 0. The molecule has 114 valence electrons. The van der Waals surface area contributed by atoms with E-state index in [0.29, 0.717) is 5.11 Å². The molecular formula is C17H19N3OS. The van der Waals surface area contributed by atoms with Crippen LogP contribution in [-0.4, -0.2) is 10.2 Å². The summed E-state index contributed by atoms with van der Waals surface area (Å²) in [5.74, 6) is 0.260. The number of aromatic hydroxyl groups is 1. The lowest BCUT2D eigenvalue weighted by molar-refractivity contribution is 0.319. The second-order valence-corrected chi connectivity index (χ2v) is 5.80. The van der Waals surface area contributed by atoms with Gasteiger partial charge in [-0.25, -0.2) is 5.01 Å². The highest BCUT2D eigenvalue weighted by atomic mass is 32.1. The van der Waals surface area contributed by atoms with Crippen LogP contribution in [0.5, 0.6) is 5.75 Å². The Kier molecular flexibility index (Phi) is 4.00. The quantitative estimate of drug-likeness (QED) is 0.757. The summed E-state index contributed by atoms with van der Waals surface area (Å²) in [5, 5.41) is 15.5. The molecule has 22 heavy (non-hydrogen) atoms. The Bertz CT molecular complexity index is 659. The van der Waals surface area contributed by atoms with Crippen LogP contribution in [0, 0.1) is 0 Å². The molecule has 0 bridgehead atoms. The number of phenolic OH excluding ortho intramolecular Hbond substituents is 1. The zero-order chi connectivity index (χ0) is 15.6. The van der Waals surface area contributed by atoms with Gasteiger partial charge in [-0.3, -0.25) is 0 Å². The zero-order valence-corrected chi connectivity index (χ0v) is 13.2. The number of hydrogen-bond donors (Lipinski definition) is 3. The minimum Gasteiger partial charge on any atom is -0.508 e. The van der Waals surface area contributed by atoms with Crippen molar-refractivity contribution in [2.24, 2.45) is 0 Å². The monoisotopic (exact) mass is 313 g/mol. The third-order valence-corrected chi connectivity index (χ3v) is 4.11. The van der Waals surface area contributed by atoms with Gasteiger partial charge in [0.2, 0.25) is 0 Å². The molecule has 2 aromatic rings. The van der Waals surface area contributed by atoms with E-state index in [-0.39, 0.29) is 5.75 Å². The van der Waals surface area contributed by atoms with Gasteiger partial charge in [0.05, 0.1) is 5.69 Å². The fraction of sp³-hybridized carbons (Fsp3) is 0.235. The highest BCUT2D eigenvalue weighted by molar-refractivity contribution is 7.80. The van der Waals surface area contributed by atoms with Crippen LogP contribution in [0.4, 0.5) is 5.69 Å². The number of nitrogens with one attached hydrogen (secondary N) is 2. The van der Waals surface area contributed by atoms with Gasteiger partial charge >= 0.3 is 0 Å². The fourth-order valence-electron chi connectivity index (χ4n) is 2.79. The van der Waals surface area contributed by atoms with E-state index >= 15 is 0 Å². The van der Waals surface area contributed by atoms with Gasteiger partial charge < -0.3 is 10.4 Å². The molecule has 0 aliphatic carbocycles. The summed E-state index contributed by atoms with van der Waals surface area (Å²) < 4.78 is 0. The highest BCUT2D eigenvalue weighted by Gasteiger charge is 2.41. The number of rotatable bonds is 4. The largest absolute Gasteiger partial charge is 0.508 e. The molecule has 1 aliphatic heterocycles. The maximum Gasteiger partial charge on any atom is 0.190 e. The third kappa shape index (κ3) is 2.65. The zero-order valence-electron chi connectivity index (χ0n) is 12.4. The number of anilines is 1. The van der Waals surface area contributed by atoms with Crippen LogP contribution in [-0.2, 0) is 5.66 Å². The lowest BCUT2D eigenvalue weighted by Crippen LogP contribution is -2.48. The van der Waals surface area contributed by atoms with E-state index < -0.39 is 5.66 Å². The van der Waals surface area contributed by atoms with Gasteiger partial charge in [-0.2, -0.15) is 5.43 Å². The molecule has 4 nitrogen and oxygen atoms in total. The van der Waals surface area contributed by atoms with Crippen LogP contribution in [0.2, 0.25) is 0 Å². The van der Waals surface area contributed by atoms with E-state index in [1.54, 1.807) is 12.1 Å². The lowest BCUT2D eigenvalue weighted by Gasteiger charge is -2.30. The van der Waals surface area contributed by atoms with E-state index in [9.17, 15) is 5.11 Å². The first-order chi connectivity index (χ1) is 10.6. The number of nitrogens with zero attached hydrogens (tertiary/aromatic N) is 1. The van der Waals surface area contributed by atoms with Crippen LogP contribution in [0.15, 0.2) is 54.6 Å². The topological polar surface area (TPSA) is 47.5 Å². The minimum absolute atomic E-state index is 0.260. The molecule has 2 aromatic carbocycles. The molecule has 0 unspecified atom stereocenters. The van der Waals surface area contributed by atoms with Gasteiger partial charge in [-0.05, 0) is 48.5 Å². The van der Waals surface area contributed by atoms with Crippen molar-refractivity contribution in [3.05, 3.63) is 60.2 Å². The van der Waals surface area contributed by atoms with Crippen molar-refractivity contribution in [3.63, 3.8) is 0 Å². The lowest BCUT2D eigenvalue weighted by atomic mass is 9.95. The minimum atomic E-state index is -0.449. The van der Waals surface area contributed by atoms with Crippen LogP contribution >= 0.6 is 12.2 Å². The predicted molar refractivity (Wildman–Crippen MR) is 92.5 cm³/mol. The number of para-hydroxylation sites is 1. The number of hydrazine groups is 1. The molecule has 1 heterocycles. The normalized spacial score (nSPS) is 21.0. The summed E-state index contributed by atoms with van der Waals surface area (Å²) in [6.07, 6.45) is 1.87. The molecule has 0 spiro atoms. The number of phenols is 1. The average Bonchev–Trinajstić information content (AvgIpc) is 2.87. The molecule has 3 rings (SSSR count). The Morgan fingerprint density at radius 2 is 1.77 bits per heavy atom. The second kappa shape index (κ2) is 5.94. The Balaban J connectivity index is 1.96. The molecule has 0 radical (unpaired) electrons. The van der Waals surface area contributed by atoms with Crippen LogP contribution < -0.4 is 15.8 Å². The van der Waals surface area contributed by atoms with Crippen LogP contribution in [0.1, 0.15) is 25.3 Å². The van der Waals surface area contributed by atoms with E-state index in [2.05, 4.69) is 17.7 Å². The van der Waals surface area contributed by atoms with Crippen molar-refractivity contribution in [2.45, 2.75) is 25.4 Å². The maximum atomic E-state index is 9.52. The molecule has 3 N–H and O–H groups in total. The van der Waals surface area contributed by atoms with Gasteiger partial charge in [-0.15, -0.1) is 0 Å². The van der Waals surface area contributed by atoms with E-state index in [0.717, 1.165) is 24.1 Å². The second-order valence-electron chi connectivity index (χ2n) is 5.42. The van der Waals surface area contributed by atoms with Gasteiger partial charge in [-0.1, -0.05) is 43.7 Å². The summed E-state index contributed by atoms with van der Waals surface area (Å²) in [6.45, 7) is 2.14. The van der Waals surface area contributed by atoms with Crippen molar-refractivity contribution in [1.29, 1.82) is 0 Å². The fourth-order valence-corrected chi connectivity index (χ4v) is 3.11. The van der Waals surface area contributed by atoms with Crippen molar-refractivity contribution in [2.75, 3.05) is 5.01 Å². The third-order valence-electron chi connectivity index (χ3n) is 3.83. The van der Waals surface area contributed by atoms with Crippen molar-refractivity contribution in [1.82, 2.24) is 10.7 Å². The predicted octanol–water partition coefficient (Wildman–Crippen LogP) is 3.24. The first-order valence-corrected chi connectivity index (χ1v) is 7.80. The first-order valence-electron chi connectivity index (χ1n) is 7.39. The molecule has 1 aliphatic rings. The SMILES string of the molecule is CCC[C@]1(c2ccc(O)cc2)NC(=S)N(c2ccccc2)N1. The van der Waals surface area contributed by atoms with Gasteiger partial charge in [0, 0.05) is 0 Å². The Labute approximate surface area is 135 Å². The van der Waals surface area contributed by atoms with E-state index in [1.165, 1.54) is 0 Å². The van der Waals surface area contributed by atoms with Gasteiger partial charge in [0.1, 0.15) is 11.4 Å².